The molecule has 1 aromatic carbocycles. The van der Waals surface area contributed by atoms with E-state index in [9.17, 15) is 0 Å². The fourth-order valence-electron chi connectivity index (χ4n) is 3.57. The maximum Gasteiger partial charge on any atom is 0.109 e. The molecule has 2 aromatic rings. The lowest BCUT2D eigenvalue weighted by Gasteiger charge is -2.26. The fourth-order valence-corrected chi connectivity index (χ4v) is 3.57. The van der Waals surface area contributed by atoms with Crippen LogP contribution in [0.4, 0.5) is 0 Å². The molecule has 1 aromatic heterocycles. The molecular weight excluding hydrogens is 258 g/mol. The van der Waals surface area contributed by atoms with E-state index < -0.39 is 0 Å². The van der Waals surface area contributed by atoms with E-state index in [0.717, 1.165) is 24.5 Å². The van der Waals surface area contributed by atoms with Crippen molar-refractivity contribution < 1.29 is 0 Å². The highest BCUT2D eigenvalue weighted by atomic mass is 15.1. The first-order valence-corrected chi connectivity index (χ1v) is 8.48. The number of fused-ring (bicyclic) bond motifs is 1. The van der Waals surface area contributed by atoms with Gasteiger partial charge in [-0.25, -0.2) is 4.98 Å². The second kappa shape index (κ2) is 6.61. The van der Waals surface area contributed by atoms with E-state index in [-0.39, 0.29) is 0 Å². The van der Waals surface area contributed by atoms with Crippen molar-refractivity contribution in [1.29, 1.82) is 0 Å². The van der Waals surface area contributed by atoms with Crippen LogP contribution in [0.15, 0.2) is 24.3 Å². The van der Waals surface area contributed by atoms with Crippen LogP contribution >= 0.6 is 0 Å². The molecule has 0 spiro atoms. The second-order valence-electron chi connectivity index (χ2n) is 6.33. The van der Waals surface area contributed by atoms with Crippen LogP contribution in [0.3, 0.4) is 0 Å². The minimum absolute atomic E-state index is 0.453. The summed E-state index contributed by atoms with van der Waals surface area (Å²) < 4.78 is 2.42. The molecule has 1 fully saturated rings. The lowest BCUT2D eigenvalue weighted by atomic mass is 9.95. The SMILES string of the molecule is CCc1nc2ccccc2n1C(C)CNC1CCCCC1. The predicted octanol–water partition coefficient (Wildman–Crippen LogP) is 4.08. The number of hydrogen-bond donors (Lipinski definition) is 1. The number of nitrogens with zero attached hydrogens (tertiary/aromatic N) is 2. The highest BCUT2D eigenvalue weighted by Crippen LogP contribution is 2.22. The summed E-state index contributed by atoms with van der Waals surface area (Å²) in [6.45, 7) is 5.54. The van der Waals surface area contributed by atoms with Crippen LogP contribution in [0.1, 0.15) is 57.8 Å². The third-order valence-corrected chi connectivity index (χ3v) is 4.73. The molecule has 114 valence electrons. The monoisotopic (exact) mass is 285 g/mol. The maximum absolute atomic E-state index is 4.78. The van der Waals surface area contributed by atoms with Crippen molar-refractivity contribution in [2.24, 2.45) is 0 Å². The van der Waals surface area contributed by atoms with E-state index in [2.05, 4.69) is 48.0 Å². The number of hydrogen-bond acceptors (Lipinski definition) is 2. The van der Waals surface area contributed by atoms with E-state index in [4.69, 9.17) is 4.98 Å². The Morgan fingerprint density at radius 3 is 2.76 bits per heavy atom. The van der Waals surface area contributed by atoms with Gasteiger partial charge < -0.3 is 9.88 Å². The summed E-state index contributed by atoms with van der Waals surface area (Å²) in [5.74, 6) is 1.20. The number of nitrogens with one attached hydrogen (secondary N) is 1. The maximum atomic E-state index is 4.78. The zero-order valence-electron chi connectivity index (χ0n) is 13.3. The van der Waals surface area contributed by atoms with Crippen molar-refractivity contribution in [3.8, 4) is 0 Å². The Morgan fingerprint density at radius 2 is 2.00 bits per heavy atom. The quantitative estimate of drug-likeness (QED) is 0.897. The van der Waals surface area contributed by atoms with E-state index in [1.807, 2.05) is 0 Å². The Labute approximate surface area is 127 Å². The van der Waals surface area contributed by atoms with E-state index in [1.54, 1.807) is 0 Å². The van der Waals surface area contributed by atoms with E-state index >= 15 is 0 Å². The minimum atomic E-state index is 0.453. The van der Waals surface area contributed by atoms with Gasteiger partial charge in [0.05, 0.1) is 11.0 Å². The van der Waals surface area contributed by atoms with Crippen molar-refractivity contribution in [3.05, 3.63) is 30.1 Å². The van der Waals surface area contributed by atoms with Crippen molar-refractivity contribution in [2.45, 2.75) is 64.5 Å². The number of benzene rings is 1. The summed E-state index contributed by atoms with van der Waals surface area (Å²) in [6.07, 6.45) is 7.87. The Kier molecular flexibility index (Phi) is 4.59. The summed E-state index contributed by atoms with van der Waals surface area (Å²) in [7, 11) is 0. The highest BCUT2D eigenvalue weighted by molar-refractivity contribution is 5.76. The summed E-state index contributed by atoms with van der Waals surface area (Å²) in [5.41, 5.74) is 2.39. The Bertz CT molecular complexity index is 581. The molecule has 1 aliphatic rings. The molecule has 1 aliphatic carbocycles. The van der Waals surface area contributed by atoms with Crippen molar-refractivity contribution in [1.82, 2.24) is 14.9 Å². The molecular formula is C18H27N3. The first-order chi connectivity index (χ1) is 10.3. The number of rotatable bonds is 5. The van der Waals surface area contributed by atoms with E-state index in [1.165, 1.54) is 43.4 Å². The van der Waals surface area contributed by atoms with Gasteiger partial charge in [-0.2, -0.15) is 0 Å². The second-order valence-corrected chi connectivity index (χ2v) is 6.33. The molecule has 3 heteroatoms. The predicted molar refractivity (Wildman–Crippen MR) is 88.7 cm³/mol. The lowest BCUT2D eigenvalue weighted by molar-refractivity contribution is 0.351. The molecule has 0 bridgehead atoms. The van der Waals surface area contributed by atoms with Gasteiger partial charge in [0, 0.05) is 25.0 Å². The number of imidazole rings is 1. The van der Waals surface area contributed by atoms with Crippen molar-refractivity contribution in [3.63, 3.8) is 0 Å². The third kappa shape index (κ3) is 3.13. The van der Waals surface area contributed by atoms with Crippen LogP contribution in [0.5, 0.6) is 0 Å². The van der Waals surface area contributed by atoms with Gasteiger partial charge in [0.1, 0.15) is 5.82 Å². The molecule has 0 aliphatic heterocycles. The number of aryl methyl sites for hydroxylation is 1. The molecule has 1 atom stereocenters. The Morgan fingerprint density at radius 1 is 1.24 bits per heavy atom. The molecule has 0 saturated heterocycles. The van der Waals surface area contributed by atoms with Crippen LogP contribution in [0.25, 0.3) is 11.0 Å². The molecule has 1 N–H and O–H groups in total. The number of para-hydroxylation sites is 2. The average Bonchev–Trinajstić information content (AvgIpc) is 2.92. The van der Waals surface area contributed by atoms with E-state index in [0.29, 0.717) is 6.04 Å². The molecule has 3 nitrogen and oxygen atoms in total. The first-order valence-electron chi connectivity index (χ1n) is 8.48. The molecule has 1 heterocycles. The smallest absolute Gasteiger partial charge is 0.109 e. The molecule has 1 saturated carbocycles. The van der Waals surface area contributed by atoms with Crippen LogP contribution in [0.2, 0.25) is 0 Å². The molecule has 0 amide bonds. The Hall–Kier alpha value is -1.35. The van der Waals surface area contributed by atoms with Crippen LogP contribution in [-0.2, 0) is 6.42 Å². The van der Waals surface area contributed by atoms with Gasteiger partial charge in [-0.1, -0.05) is 38.3 Å². The fraction of sp³-hybridized carbons (Fsp3) is 0.611. The minimum Gasteiger partial charge on any atom is -0.324 e. The summed E-state index contributed by atoms with van der Waals surface area (Å²) in [6, 6.07) is 9.67. The molecule has 1 unspecified atom stereocenters. The van der Waals surface area contributed by atoms with Crippen molar-refractivity contribution >= 4 is 11.0 Å². The zero-order chi connectivity index (χ0) is 14.7. The van der Waals surface area contributed by atoms with Gasteiger partial charge in [-0.05, 0) is 31.9 Å². The molecule has 21 heavy (non-hydrogen) atoms. The van der Waals surface area contributed by atoms with Crippen LogP contribution < -0.4 is 5.32 Å². The van der Waals surface area contributed by atoms with Gasteiger partial charge in [0.15, 0.2) is 0 Å². The van der Waals surface area contributed by atoms with Gasteiger partial charge in [0.2, 0.25) is 0 Å². The topological polar surface area (TPSA) is 29.9 Å². The summed E-state index contributed by atoms with van der Waals surface area (Å²) in [4.78, 5) is 4.78. The lowest BCUT2D eigenvalue weighted by Crippen LogP contribution is -2.35. The van der Waals surface area contributed by atoms with Crippen LogP contribution in [-0.4, -0.2) is 22.1 Å². The number of aromatic nitrogens is 2. The summed E-state index contributed by atoms with van der Waals surface area (Å²) >= 11 is 0. The van der Waals surface area contributed by atoms with Gasteiger partial charge in [-0.3, -0.25) is 0 Å². The normalized spacial score (nSPS) is 18.2. The van der Waals surface area contributed by atoms with Gasteiger partial charge in [-0.15, -0.1) is 0 Å². The first kappa shape index (κ1) is 14.6. The molecule has 0 radical (unpaired) electrons. The average molecular weight is 285 g/mol. The van der Waals surface area contributed by atoms with Crippen LogP contribution in [0, 0.1) is 0 Å². The third-order valence-electron chi connectivity index (χ3n) is 4.73. The highest BCUT2D eigenvalue weighted by Gasteiger charge is 2.17. The largest absolute Gasteiger partial charge is 0.324 e. The molecule has 3 rings (SSSR count). The van der Waals surface area contributed by atoms with Crippen molar-refractivity contribution in [2.75, 3.05) is 6.54 Å². The zero-order valence-corrected chi connectivity index (χ0v) is 13.3. The van der Waals surface area contributed by atoms with Gasteiger partial charge in [0.25, 0.3) is 0 Å². The Balaban J connectivity index is 1.75. The van der Waals surface area contributed by atoms with Gasteiger partial charge >= 0.3 is 0 Å². The standard InChI is InChI=1S/C18H27N3/c1-3-18-20-16-11-7-8-12-17(16)21(18)14(2)13-19-15-9-5-4-6-10-15/h7-8,11-12,14-15,19H,3-6,9-10,13H2,1-2H3. The summed E-state index contributed by atoms with van der Waals surface area (Å²) in [5, 5.41) is 3.78.